The van der Waals surface area contributed by atoms with E-state index in [2.05, 4.69) is 0 Å². The number of hydrogen-bond acceptors (Lipinski definition) is 3. The second kappa shape index (κ2) is 5.90. The number of rotatable bonds is 2. The molecule has 0 fully saturated rings. The van der Waals surface area contributed by atoms with Crippen LogP contribution in [0.25, 0.3) is 0 Å². The molecule has 0 radical (unpaired) electrons. The summed E-state index contributed by atoms with van der Waals surface area (Å²) in [6.45, 7) is 7.38. The second-order valence-corrected chi connectivity index (χ2v) is 6.49. The van der Waals surface area contributed by atoms with Crippen LogP contribution in [0.4, 0.5) is 4.79 Å². The van der Waals surface area contributed by atoms with Crippen molar-refractivity contribution in [2.24, 2.45) is 0 Å². The maximum absolute atomic E-state index is 12.0. The van der Waals surface area contributed by atoms with Crippen molar-refractivity contribution in [3.8, 4) is 0 Å². The average molecular weight is 289 g/mol. The fourth-order valence-corrected chi connectivity index (χ4v) is 2.46. The van der Waals surface area contributed by atoms with Crippen molar-refractivity contribution >= 4 is 6.09 Å². The minimum Gasteiger partial charge on any atom is -0.442 e. The van der Waals surface area contributed by atoms with Gasteiger partial charge in [-0.3, -0.25) is 5.21 Å². The van der Waals surface area contributed by atoms with Gasteiger partial charge in [-0.25, -0.2) is 4.79 Å². The standard InChI is InChI=1S/C17H23NO3/c1-12-8-10-13(11-9-12)14-6-5-7-15(14)18(20)16(19)21-17(2,3)4/h5-6,8-11,14-15,20H,7H2,1-4H3/t14-,15-/m0/s1. The summed E-state index contributed by atoms with van der Waals surface area (Å²) in [7, 11) is 0. The maximum atomic E-state index is 12.0. The first-order chi connectivity index (χ1) is 9.78. The molecule has 0 unspecified atom stereocenters. The molecule has 0 aromatic heterocycles. The molecule has 0 spiro atoms. The fourth-order valence-electron chi connectivity index (χ4n) is 2.46. The second-order valence-electron chi connectivity index (χ2n) is 6.49. The van der Waals surface area contributed by atoms with Crippen molar-refractivity contribution in [3.63, 3.8) is 0 Å². The topological polar surface area (TPSA) is 49.8 Å². The van der Waals surface area contributed by atoms with E-state index in [9.17, 15) is 10.0 Å². The fraction of sp³-hybridized carbons (Fsp3) is 0.471. The van der Waals surface area contributed by atoms with Gasteiger partial charge in [-0.2, -0.15) is 5.06 Å². The van der Waals surface area contributed by atoms with E-state index in [0.717, 1.165) is 10.6 Å². The highest BCUT2D eigenvalue weighted by Gasteiger charge is 2.34. The number of carbonyl (C=O) groups is 1. The molecule has 1 aromatic rings. The predicted molar refractivity (Wildman–Crippen MR) is 81.3 cm³/mol. The first-order valence-electron chi connectivity index (χ1n) is 7.22. The van der Waals surface area contributed by atoms with Crippen LogP contribution in [0.2, 0.25) is 0 Å². The summed E-state index contributed by atoms with van der Waals surface area (Å²) < 4.78 is 5.22. The lowest BCUT2D eigenvalue weighted by atomic mass is 9.93. The van der Waals surface area contributed by atoms with Gasteiger partial charge in [-0.1, -0.05) is 42.0 Å². The Morgan fingerprint density at radius 3 is 2.48 bits per heavy atom. The van der Waals surface area contributed by atoms with Crippen LogP contribution in [0.5, 0.6) is 0 Å². The van der Waals surface area contributed by atoms with Crippen molar-refractivity contribution in [2.75, 3.05) is 0 Å². The first kappa shape index (κ1) is 15.6. The molecule has 1 N–H and O–H groups in total. The number of hydrogen-bond donors (Lipinski definition) is 1. The molecule has 21 heavy (non-hydrogen) atoms. The molecule has 0 bridgehead atoms. The number of ether oxygens (including phenoxy) is 1. The number of amides is 1. The van der Waals surface area contributed by atoms with Gasteiger partial charge in [0.2, 0.25) is 0 Å². The molecule has 4 heteroatoms. The summed E-state index contributed by atoms with van der Waals surface area (Å²) in [5.41, 5.74) is 1.65. The van der Waals surface area contributed by atoms with Gasteiger partial charge >= 0.3 is 6.09 Å². The van der Waals surface area contributed by atoms with Crippen molar-refractivity contribution in [1.82, 2.24) is 5.06 Å². The number of aryl methyl sites for hydroxylation is 1. The SMILES string of the molecule is Cc1ccc([C@@H]2C=CC[C@@H]2N(O)C(=O)OC(C)(C)C)cc1. The molecule has 1 amide bonds. The van der Waals surface area contributed by atoms with E-state index >= 15 is 0 Å². The monoisotopic (exact) mass is 289 g/mol. The Morgan fingerprint density at radius 1 is 1.29 bits per heavy atom. The Bertz CT molecular complexity index is 528. The highest BCUT2D eigenvalue weighted by Crippen LogP contribution is 2.32. The summed E-state index contributed by atoms with van der Waals surface area (Å²) >= 11 is 0. The highest BCUT2D eigenvalue weighted by atomic mass is 16.6. The third kappa shape index (κ3) is 3.85. The Hall–Kier alpha value is -1.81. The Morgan fingerprint density at radius 2 is 1.90 bits per heavy atom. The third-order valence-electron chi connectivity index (χ3n) is 3.49. The number of carbonyl (C=O) groups excluding carboxylic acids is 1. The van der Waals surface area contributed by atoms with Gasteiger partial charge in [0.05, 0.1) is 6.04 Å². The molecule has 0 saturated carbocycles. The van der Waals surface area contributed by atoms with E-state index in [0.29, 0.717) is 6.42 Å². The molecule has 2 rings (SSSR count). The lowest BCUT2D eigenvalue weighted by molar-refractivity contribution is -0.120. The van der Waals surface area contributed by atoms with Gasteiger partial charge in [0.1, 0.15) is 5.60 Å². The summed E-state index contributed by atoms with van der Waals surface area (Å²) in [5.74, 6) is -0.0110. The van der Waals surface area contributed by atoms with Crippen molar-refractivity contribution < 1.29 is 14.7 Å². The lowest BCUT2D eigenvalue weighted by Gasteiger charge is -2.30. The van der Waals surface area contributed by atoms with Crippen LogP contribution in [0.1, 0.15) is 44.2 Å². The number of benzene rings is 1. The number of nitrogens with zero attached hydrogens (tertiary/aromatic N) is 1. The van der Waals surface area contributed by atoms with Crippen molar-refractivity contribution in [3.05, 3.63) is 47.5 Å². The molecular formula is C17H23NO3. The van der Waals surface area contributed by atoms with E-state index in [1.807, 2.05) is 43.3 Å². The van der Waals surface area contributed by atoms with E-state index in [1.54, 1.807) is 20.8 Å². The van der Waals surface area contributed by atoms with Crippen LogP contribution in [0, 0.1) is 6.92 Å². The molecule has 0 saturated heterocycles. The lowest BCUT2D eigenvalue weighted by Crippen LogP contribution is -2.42. The zero-order chi connectivity index (χ0) is 15.6. The average Bonchev–Trinajstić information content (AvgIpc) is 2.85. The normalized spacial score (nSPS) is 21.4. The Labute approximate surface area is 126 Å². The minimum absolute atomic E-state index is 0.0110. The van der Waals surface area contributed by atoms with E-state index in [-0.39, 0.29) is 12.0 Å². The largest absolute Gasteiger partial charge is 0.442 e. The summed E-state index contributed by atoms with van der Waals surface area (Å²) in [6.07, 6.45) is 3.94. The van der Waals surface area contributed by atoms with Crippen LogP contribution >= 0.6 is 0 Å². The zero-order valence-electron chi connectivity index (χ0n) is 13.0. The van der Waals surface area contributed by atoms with Crippen LogP contribution in [-0.2, 0) is 4.74 Å². The van der Waals surface area contributed by atoms with Gasteiger partial charge in [-0.05, 0) is 39.7 Å². The maximum Gasteiger partial charge on any atom is 0.434 e. The number of hydroxylamine groups is 2. The Balaban J connectivity index is 2.12. The Kier molecular flexibility index (Phi) is 4.37. The van der Waals surface area contributed by atoms with Gasteiger partial charge in [0.15, 0.2) is 0 Å². The van der Waals surface area contributed by atoms with E-state index in [4.69, 9.17) is 4.74 Å². The van der Waals surface area contributed by atoms with E-state index < -0.39 is 11.7 Å². The van der Waals surface area contributed by atoms with Gasteiger partial charge < -0.3 is 4.74 Å². The minimum atomic E-state index is -0.701. The quantitative estimate of drug-likeness (QED) is 0.508. The summed E-state index contributed by atoms with van der Waals surface area (Å²) in [5, 5.41) is 10.9. The first-order valence-corrected chi connectivity index (χ1v) is 7.22. The van der Waals surface area contributed by atoms with Crippen molar-refractivity contribution in [1.29, 1.82) is 0 Å². The van der Waals surface area contributed by atoms with Crippen LogP contribution < -0.4 is 0 Å². The molecule has 114 valence electrons. The van der Waals surface area contributed by atoms with Gasteiger partial charge in [0, 0.05) is 5.92 Å². The van der Waals surface area contributed by atoms with Gasteiger partial charge in [-0.15, -0.1) is 0 Å². The third-order valence-corrected chi connectivity index (χ3v) is 3.49. The molecule has 0 heterocycles. The summed E-state index contributed by atoms with van der Waals surface area (Å²) in [6, 6.07) is 7.82. The molecule has 1 aromatic carbocycles. The predicted octanol–water partition coefficient (Wildman–Crippen LogP) is 4.03. The smallest absolute Gasteiger partial charge is 0.434 e. The van der Waals surface area contributed by atoms with Crippen LogP contribution in [0.3, 0.4) is 0 Å². The highest BCUT2D eigenvalue weighted by molar-refractivity contribution is 5.67. The molecule has 0 aliphatic heterocycles. The van der Waals surface area contributed by atoms with Gasteiger partial charge in [0.25, 0.3) is 0 Å². The van der Waals surface area contributed by atoms with E-state index in [1.165, 1.54) is 5.56 Å². The molecule has 1 aliphatic rings. The molecule has 2 atom stereocenters. The molecule has 4 nitrogen and oxygen atoms in total. The molecule has 1 aliphatic carbocycles. The zero-order valence-corrected chi connectivity index (χ0v) is 13.0. The van der Waals surface area contributed by atoms with Crippen LogP contribution in [0.15, 0.2) is 36.4 Å². The summed E-state index contributed by atoms with van der Waals surface area (Å²) in [4.78, 5) is 12.0. The van der Waals surface area contributed by atoms with Crippen LogP contribution in [-0.4, -0.2) is 28.0 Å². The van der Waals surface area contributed by atoms with Crippen molar-refractivity contribution in [2.45, 2.75) is 51.7 Å². The molecular weight excluding hydrogens is 266 g/mol.